The largest absolute Gasteiger partial charge is 0.493 e. The second-order valence-corrected chi connectivity index (χ2v) is 6.65. The summed E-state index contributed by atoms with van der Waals surface area (Å²) in [7, 11) is 4.51. The van der Waals surface area contributed by atoms with Crippen molar-refractivity contribution in [2.24, 2.45) is 14.1 Å². The fraction of sp³-hybridized carbons (Fsp3) is 0.350. The van der Waals surface area contributed by atoms with Crippen LogP contribution in [-0.2, 0) is 20.6 Å². The van der Waals surface area contributed by atoms with Gasteiger partial charge in [0.05, 0.1) is 20.0 Å². The van der Waals surface area contributed by atoms with Gasteiger partial charge in [-0.15, -0.1) is 0 Å². The first-order valence-corrected chi connectivity index (χ1v) is 9.09. The van der Waals surface area contributed by atoms with Crippen LogP contribution in [0.4, 0.5) is 0 Å². The Hall–Kier alpha value is -3.33. The fourth-order valence-electron chi connectivity index (χ4n) is 3.10. The van der Waals surface area contributed by atoms with Crippen molar-refractivity contribution in [1.82, 2.24) is 18.7 Å². The summed E-state index contributed by atoms with van der Waals surface area (Å²) < 4.78 is 14.9. The molecule has 0 aliphatic rings. The average Bonchev–Trinajstić information content (AvgIpc) is 3.13. The molecule has 0 saturated carbocycles. The van der Waals surface area contributed by atoms with Crippen LogP contribution >= 0.6 is 0 Å². The highest BCUT2D eigenvalue weighted by molar-refractivity contribution is 5.69. The number of rotatable bonds is 7. The van der Waals surface area contributed by atoms with E-state index in [0.717, 1.165) is 10.1 Å². The van der Waals surface area contributed by atoms with E-state index in [0.29, 0.717) is 11.5 Å². The number of aromatic nitrogens is 4. The summed E-state index contributed by atoms with van der Waals surface area (Å²) in [5.74, 6) is 1.07. The van der Waals surface area contributed by atoms with Crippen molar-refractivity contribution in [2.75, 3.05) is 13.7 Å². The number of hydrogen-bond acceptors (Lipinski definition) is 6. The third-order valence-corrected chi connectivity index (χ3v) is 4.60. The molecule has 0 fully saturated rings. The molecule has 2 aromatic heterocycles. The van der Waals surface area contributed by atoms with Gasteiger partial charge in [-0.25, -0.2) is 9.78 Å². The third-order valence-electron chi connectivity index (χ3n) is 4.60. The van der Waals surface area contributed by atoms with Crippen LogP contribution in [0.25, 0.3) is 17.2 Å². The molecular formula is C20H24N4O5. The zero-order valence-electron chi connectivity index (χ0n) is 16.8. The van der Waals surface area contributed by atoms with Gasteiger partial charge >= 0.3 is 5.69 Å². The normalized spacial score (nSPS) is 12.6. The standard InChI is InChI=1S/C20H24N4O5/c1-5-6-13-7-8-15(16(9-13)28-4)29-11-14(25)10-24-12-21-18-17(24)19(26)23(3)20(27)22(18)2/h5-9,12,14,25H,10-11H2,1-4H3/b6-5+. The van der Waals surface area contributed by atoms with E-state index in [4.69, 9.17) is 9.47 Å². The summed E-state index contributed by atoms with van der Waals surface area (Å²) in [6.07, 6.45) is 4.39. The SMILES string of the molecule is C/C=C/c1ccc(OCC(O)Cn2cnc3c2c(=O)n(C)c(=O)n3C)c(OC)c1. The predicted molar refractivity (Wildman–Crippen MR) is 109 cm³/mol. The monoisotopic (exact) mass is 400 g/mol. The zero-order chi connectivity index (χ0) is 21.1. The Morgan fingerprint density at radius 2 is 1.97 bits per heavy atom. The summed E-state index contributed by atoms with van der Waals surface area (Å²) in [4.78, 5) is 28.6. The molecule has 0 bridgehead atoms. The van der Waals surface area contributed by atoms with Gasteiger partial charge in [-0.1, -0.05) is 18.2 Å². The van der Waals surface area contributed by atoms with Gasteiger partial charge in [-0.05, 0) is 24.6 Å². The topological polar surface area (TPSA) is 101 Å². The maximum atomic E-state index is 12.5. The molecule has 29 heavy (non-hydrogen) atoms. The minimum Gasteiger partial charge on any atom is -0.493 e. The number of aliphatic hydroxyl groups is 1. The molecule has 1 atom stereocenters. The molecule has 0 saturated heterocycles. The molecule has 154 valence electrons. The summed E-state index contributed by atoms with van der Waals surface area (Å²) >= 11 is 0. The number of hydrogen-bond donors (Lipinski definition) is 1. The van der Waals surface area contributed by atoms with E-state index in [1.54, 1.807) is 20.2 Å². The van der Waals surface area contributed by atoms with Crippen molar-refractivity contribution in [3.63, 3.8) is 0 Å². The second-order valence-electron chi connectivity index (χ2n) is 6.65. The lowest BCUT2D eigenvalue weighted by Crippen LogP contribution is -2.38. The van der Waals surface area contributed by atoms with Crippen molar-refractivity contribution < 1.29 is 14.6 Å². The Morgan fingerprint density at radius 1 is 1.21 bits per heavy atom. The van der Waals surface area contributed by atoms with E-state index in [1.165, 1.54) is 22.5 Å². The summed E-state index contributed by atoms with van der Waals surface area (Å²) in [6.45, 7) is 2.01. The third kappa shape index (κ3) is 3.95. The lowest BCUT2D eigenvalue weighted by Gasteiger charge is -2.15. The van der Waals surface area contributed by atoms with Gasteiger partial charge in [0.25, 0.3) is 5.56 Å². The Balaban J connectivity index is 1.78. The minimum absolute atomic E-state index is 0.00885. The molecular weight excluding hydrogens is 376 g/mol. The number of nitrogens with zero attached hydrogens (tertiary/aromatic N) is 4. The Morgan fingerprint density at radius 3 is 2.66 bits per heavy atom. The number of aryl methyl sites for hydroxylation is 1. The molecule has 0 spiro atoms. The molecule has 2 heterocycles. The van der Waals surface area contributed by atoms with Gasteiger partial charge < -0.3 is 19.1 Å². The van der Waals surface area contributed by atoms with Crippen LogP contribution in [0.2, 0.25) is 0 Å². The molecule has 9 nitrogen and oxygen atoms in total. The van der Waals surface area contributed by atoms with Crippen LogP contribution in [0.15, 0.2) is 40.2 Å². The first-order valence-electron chi connectivity index (χ1n) is 9.09. The number of imidazole rings is 1. The Kier molecular flexibility index (Phi) is 5.88. The molecule has 0 amide bonds. The number of benzene rings is 1. The van der Waals surface area contributed by atoms with E-state index in [2.05, 4.69) is 4.98 Å². The zero-order valence-corrected chi connectivity index (χ0v) is 16.8. The molecule has 1 aromatic carbocycles. The molecule has 0 aliphatic carbocycles. The number of methoxy groups -OCH3 is 1. The van der Waals surface area contributed by atoms with Crippen LogP contribution in [-0.4, -0.2) is 43.6 Å². The van der Waals surface area contributed by atoms with E-state index in [9.17, 15) is 14.7 Å². The molecule has 0 radical (unpaired) electrons. The molecule has 9 heteroatoms. The minimum atomic E-state index is -0.908. The quantitative estimate of drug-likeness (QED) is 0.633. The van der Waals surface area contributed by atoms with Gasteiger partial charge in [0, 0.05) is 14.1 Å². The maximum absolute atomic E-state index is 12.5. The smallest absolute Gasteiger partial charge is 0.332 e. The predicted octanol–water partition coefficient (Wildman–Crippen LogP) is 0.915. The van der Waals surface area contributed by atoms with Crippen LogP contribution in [0.1, 0.15) is 12.5 Å². The van der Waals surface area contributed by atoms with Crippen LogP contribution in [0.3, 0.4) is 0 Å². The highest BCUT2D eigenvalue weighted by atomic mass is 16.5. The van der Waals surface area contributed by atoms with Crippen molar-refractivity contribution in [3.05, 3.63) is 57.0 Å². The average molecular weight is 400 g/mol. The van der Waals surface area contributed by atoms with Gasteiger partial charge in [0.1, 0.15) is 12.7 Å². The molecule has 3 aromatic rings. The first kappa shape index (κ1) is 20.4. The van der Waals surface area contributed by atoms with Crippen molar-refractivity contribution in [1.29, 1.82) is 0 Å². The lowest BCUT2D eigenvalue weighted by atomic mass is 10.2. The number of ether oxygens (including phenoxy) is 2. The summed E-state index contributed by atoms with van der Waals surface area (Å²) in [5.41, 5.74) is 0.582. The van der Waals surface area contributed by atoms with E-state index in [-0.39, 0.29) is 24.3 Å². The Bertz CT molecular complexity index is 1170. The van der Waals surface area contributed by atoms with Crippen LogP contribution in [0, 0.1) is 0 Å². The van der Waals surface area contributed by atoms with Gasteiger partial charge in [0.15, 0.2) is 22.7 Å². The van der Waals surface area contributed by atoms with E-state index >= 15 is 0 Å². The van der Waals surface area contributed by atoms with Crippen molar-refractivity contribution in [2.45, 2.75) is 19.6 Å². The number of aliphatic hydroxyl groups excluding tert-OH is 1. The first-order chi connectivity index (χ1) is 13.9. The van der Waals surface area contributed by atoms with Crippen LogP contribution in [0.5, 0.6) is 11.5 Å². The lowest BCUT2D eigenvalue weighted by molar-refractivity contribution is 0.0918. The highest BCUT2D eigenvalue weighted by Crippen LogP contribution is 2.28. The summed E-state index contributed by atoms with van der Waals surface area (Å²) in [6, 6.07) is 5.51. The van der Waals surface area contributed by atoms with Gasteiger partial charge in [-0.3, -0.25) is 13.9 Å². The molecule has 0 aliphatic heterocycles. The fourth-order valence-corrected chi connectivity index (χ4v) is 3.10. The Labute approximate surface area is 167 Å². The van der Waals surface area contributed by atoms with Crippen LogP contribution < -0.4 is 20.7 Å². The van der Waals surface area contributed by atoms with Crippen molar-refractivity contribution >= 4 is 17.2 Å². The van der Waals surface area contributed by atoms with E-state index < -0.39 is 17.4 Å². The maximum Gasteiger partial charge on any atom is 0.332 e. The molecule has 3 rings (SSSR count). The highest BCUT2D eigenvalue weighted by Gasteiger charge is 2.17. The molecule has 1 unspecified atom stereocenters. The number of allylic oxidation sites excluding steroid dienone is 1. The second kappa shape index (κ2) is 8.36. The molecule has 1 N–H and O–H groups in total. The van der Waals surface area contributed by atoms with Gasteiger partial charge in [0.2, 0.25) is 0 Å². The summed E-state index contributed by atoms with van der Waals surface area (Å²) in [5, 5.41) is 10.4. The van der Waals surface area contributed by atoms with Crippen molar-refractivity contribution in [3.8, 4) is 11.5 Å². The van der Waals surface area contributed by atoms with E-state index in [1.807, 2.05) is 31.2 Å². The number of fused-ring (bicyclic) bond motifs is 1. The van der Waals surface area contributed by atoms with Gasteiger partial charge in [-0.2, -0.15) is 0 Å².